The third-order valence-corrected chi connectivity index (χ3v) is 6.54. The first-order chi connectivity index (χ1) is 15.1. The average molecular weight is 444 g/mol. The number of carboxylic acids is 2. The van der Waals surface area contributed by atoms with E-state index < -0.39 is 11.9 Å². The summed E-state index contributed by atoms with van der Waals surface area (Å²) >= 11 is 1.26. The zero-order valence-electron chi connectivity index (χ0n) is 18.0. The van der Waals surface area contributed by atoms with Gasteiger partial charge in [0.2, 0.25) is 0 Å². The number of aromatic nitrogens is 1. The molecule has 1 heterocycles. The fourth-order valence-electron chi connectivity index (χ4n) is 3.67. The van der Waals surface area contributed by atoms with Crippen LogP contribution in [0, 0.1) is 0 Å². The molecule has 2 rings (SSSR count). The minimum Gasteiger partial charge on any atom is -0.481 e. The molecule has 0 aliphatic carbocycles. The highest BCUT2D eigenvalue weighted by atomic mass is 32.2. The molecule has 31 heavy (non-hydrogen) atoms. The van der Waals surface area contributed by atoms with Crippen molar-refractivity contribution in [1.82, 2.24) is 4.98 Å². The molecule has 0 aliphatic heterocycles. The monoisotopic (exact) mass is 443 g/mol. The molecule has 0 spiro atoms. The van der Waals surface area contributed by atoms with Gasteiger partial charge in [-0.1, -0.05) is 62.1 Å². The van der Waals surface area contributed by atoms with Gasteiger partial charge >= 0.3 is 11.9 Å². The Morgan fingerprint density at radius 2 is 1.52 bits per heavy atom. The number of nitrogens with zero attached hydrogens (tertiary/aromatic N) is 1. The van der Waals surface area contributed by atoms with E-state index in [9.17, 15) is 9.59 Å². The van der Waals surface area contributed by atoms with Gasteiger partial charge in [0.1, 0.15) is 0 Å². The highest BCUT2D eigenvalue weighted by Crippen LogP contribution is 2.34. The number of hydrogen-bond acceptors (Lipinski definition) is 4. The summed E-state index contributed by atoms with van der Waals surface area (Å²) in [7, 11) is 0. The van der Waals surface area contributed by atoms with E-state index in [-0.39, 0.29) is 17.4 Å². The van der Waals surface area contributed by atoms with Gasteiger partial charge in [-0.25, -0.2) is 0 Å². The van der Waals surface area contributed by atoms with Crippen LogP contribution in [-0.2, 0) is 22.4 Å². The van der Waals surface area contributed by atoms with Crippen LogP contribution in [0.25, 0.3) is 0 Å². The van der Waals surface area contributed by atoms with Gasteiger partial charge in [-0.15, -0.1) is 11.8 Å². The fraction of sp³-hybridized carbons (Fsp3) is 0.480. The van der Waals surface area contributed by atoms with Crippen molar-refractivity contribution in [3.05, 3.63) is 65.5 Å². The molecule has 6 heteroatoms. The lowest BCUT2D eigenvalue weighted by atomic mass is 10.0. The van der Waals surface area contributed by atoms with Crippen molar-refractivity contribution in [3.63, 3.8) is 0 Å². The van der Waals surface area contributed by atoms with Crippen molar-refractivity contribution in [2.24, 2.45) is 0 Å². The summed E-state index contributed by atoms with van der Waals surface area (Å²) in [6, 6.07) is 14.5. The maximum Gasteiger partial charge on any atom is 0.313 e. The van der Waals surface area contributed by atoms with Crippen molar-refractivity contribution in [1.29, 1.82) is 0 Å². The summed E-state index contributed by atoms with van der Waals surface area (Å²) in [5.41, 5.74) is 3.36. The first-order valence-electron chi connectivity index (χ1n) is 11.1. The van der Waals surface area contributed by atoms with E-state index in [1.807, 2.05) is 12.1 Å². The molecule has 1 aromatic carbocycles. The van der Waals surface area contributed by atoms with Gasteiger partial charge in [-0.3, -0.25) is 14.6 Å². The van der Waals surface area contributed by atoms with Gasteiger partial charge in [0.15, 0.2) is 0 Å². The summed E-state index contributed by atoms with van der Waals surface area (Å²) in [6.07, 6.45) is 11.3. The summed E-state index contributed by atoms with van der Waals surface area (Å²) in [6.45, 7) is 0. The first kappa shape index (κ1) is 24.9. The summed E-state index contributed by atoms with van der Waals surface area (Å²) < 4.78 is 0. The van der Waals surface area contributed by atoms with Crippen molar-refractivity contribution in [3.8, 4) is 0 Å². The van der Waals surface area contributed by atoms with Crippen LogP contribution in [0.3, 0.4) is 0 Å². The standard InChI is InChI=1S/C25H33NO4S/c27-23(28)17-16-22(31-19-24(29)30)25-21(15-10-18-26-25)14-9-4-2-1-3-6-11-20-12-7-5-8-13-20/h5,7-8,10,12-13,15,18,22H,1-4,6,9,11,14,16-17,19H2,(H,27,28)(H,29,30). The molecule has 1 atom stereocenters. The van der Waals surface area contributed by atoms with Crippen molar-refractivity contribution in [2.75, 3.05) is 5.75 Å². The molecule has 0 bridgehead atoms. The van der Waals surface area contributed by atoms with E-state index in [1.54, 1.807) is 6.20 Å². The Balaban J connectivity index is 1.75. The topological polar surface area (TPSA) is 87.5 Å². The molecule has 0 amide bonds. The van der Waals surface area contributed by atoms with Gasteiger partial charge in [0.05, 0.1) is 11.4 Å². The lowest BCUT2D eigenvalue weighted by molar-refractivity contribution is -0.137. The van der Waals surface area contributed by atoms with E-state index in [2.05, 4.69) is 35.3 Å². The Kier molecular flexibility index (Phi) is 11.8. The molecular weight excluding hydrogens is 410 g/mol. The molecule has 2 aromatic rings. The predicted octanol–water partition coefficient (Wildman–Crippen LogP) is 5.93. The van der Waals surface area contributed by atoms with Gasteiger partial charge in [-0.05, 0) is 49.3 Å². The Morgan fingerprint density at radius 1 is 0.839 bits per heavy atom. The van der Waals surface area contributed by atoms with Crippen molar-refractivity contribution in [2.45, 2.75) is 69.5 Å². The van der Waals surface area contributed by atoms with Crippen LogP contribution < -0.4 is 0 Å². The van der Waals surface area contributed by atoms with Gasteiger partial charge in [0.25, 0.3) is 0 Å². The lowest BCUT2D eigenvalue weighted by Crippen LogP contribution is -2.09. The Labute approximate surface area is 189 Å². The maximum absolute atomic E-state index is 11.0. The van der Waals surface area contributed by atoms with Crippen LogP contribution in [0.2, 0.25) is 0 Å². The predicted molar refractivity (Wildman–Crippen MR) is 125 cm³/mol. The largest absolute Gasteiger partial charge is 0.481 e. The third-order valence-electron chi connectivity index (χ3n) is 5.26. The number of aliphatic carboxylic acids is 2. The second-order valence-electron chi connectivity index (χ2n) is 7.78. The third kappa shape index (κ3) is 10.5. The van der Waals surface area contributed by atoms with E-state index in [0.717, 1.165) is 36.9 Å². The second-order valence-corrected chi connectivity index (χ2v) is 8.97. The summed E-state index contributed by atoms with van der Waals surface area (Å²) in [4.78, 5) is 26.5. The molecule has 2 N–H and O–H groups in total. The minimum absolute atomic E-state index is 0.0102. The normalized spacial score (nSPS) is 11.9. The number of benzene rings is 1. The number of aryl methyl sites for hydroxylation is 2. The van der Waals surface area contributed by atoms with Crippen molar-refractivity contribution >= 4 is 23.7 Å². The van der Waals surface area contributed by atoms with Crippen molar-refractivity contribution < 1.29 is 19.8 Å². The highest BCUT2D eigenvalue weighted by Gasteiger charge is 2.19. The Bertz CT molecular complexity index is 779. The zero-order valence-corrected chi connectivity index (χ0v) is 18.9. The van der Waals surface area contributed by atoms with E-state index in [4.69, 9.17) is 10.2 Å². The molecule has 0 radical (unpaired) electrons. The molecular formula is C25H33NO4S. The van der Waals surface area contributed by atoms with Crippen LogP contribution in [0.4, 0.5) is 0 Å². The molecule has 1 aromatic heterocycles. The number of carbonyl (C=O) groups is 2. The Morgan fingerprint density at radius 3 is 2.19 bits per heavy atom. The van der Waals surface area contributed by atoms with Crippen LogP contribution in [0.5, 0.6) is 0 Å². The van der Waals surface area contributed by atoms with Crippen LogP contribution >= 0.6 is 11.8 Å². The van der Waals surface area contributed by atoms with Crippen LogP contribution in [0.15, 0.2) is 48.7 Å². The number of thioether (sulfide) groups is 1. The zero-order chi connectivity index (χ0) is 22.3. The Hall–Kier alpha value is -2.34. The smallest absolute Gasteiger partial charge is 0.313 e. The molecule has 0 aliphatic rings. The maximum atomic E-state index is 11.0. The van der Waals surface area contributed by atoms with Crippen LogP contribution in [-0.4, -0.2) is 32.9 Å². The summed E-state index contributed by atoms with van der Waals surface area (Å²) in [5.74, 6) is -1.82. The number of unbranched alkanes of at least 4 members (excludes halogenated alkanes) is 5. The fourth-order valence-corrected chi connectivity index (χ4v) is 4.67. The molecule has 0 saturated carbocycles. The molecule has 0 saturated heterocycles. The van der Waals surface area contributed by atoms with Gasteiger partial charge in [0, 0.05) is 17.9 Å². The highest BCUT2D eigenvalue weighted by molar-refractivity contribution is 8.00. The van der Waals surface area contributed by atoms with Gasteiger partial charge in [-0.2, -0.15) is 0 Å². The summed E-state index contributed by atoms with van der Waals surface area (Å²) in [5, 5.41) is 17.9. The molecule has 0 fully saturated rings. The molecule has 5 nitrogen and oxygen atoms in total. The second kappa shape index (κ2) is 14.6. The lowest BCUT2D eigenvalue weighted by Gasteiger charge is -2.18. The number of rotatable bonds is 16. The molecule has 168 valence electrons. The van der Waals surface area contributed by atoms with Crippen LogP contribution in [0.1, 0.15) is 73.4 Å². The quantitative estimate of drug-likeness (QED) is 0.313. The van der Waals surface area contributed by atoms with E-state index in [1.165, 1.54) is 43.0 Å². The van der Waals surface area contributed by atoms with Gasteiger partial charge < -0.3 is 10.2 Å². The first-order valence-corrected chi connectivity index (χ1v) is 12.1. The van der Waals surface area contributed by atoms with E-state index in [0.29, 0.717) is 6.42 Å². The minimum atomic E-state index is -0.893. The SMILES string of the molecule is O=C(O)CCC(SCC(=O)O)c1ncccc1CCCCCCCCc1ccccc1. The van der Waals surface area contributed by atoms with E-state index >= 15 is 0 Å². The number of carboxylic acid groups (broad SMARTS) is 2. The average Bonchev–Trinajstić information content (AvgIpc) is 2.76. The molecule has 1 unspecified atom stereocenters. The number of hydrogen-bond donors (Lipinski definition) is 2. The number of pyridine rings is 1.